The number of nitrogens with zero attached hydrogens (tertiary/aromatic N) is 2. The highest BCUT2D eigenvalue weighted by Gasteiger charge is 2.12. The standard InChI is InChI=1S/C17H15BrN2O3/c1-10-6-14(23-11-4-5-17(18)19-9-11)12-7-15(21-2)16(22-3)8-13(12)20-10/h4-9H,1-3H3. The fourth-order valence-electron chi connectivity index (χ4n) is 2.28. The molecule has 0 bridgehead atoms. The van der Waals surface area contributed by atoms with Crippen molar-refractivity contribution in [3.63, 3.8) is 0 Å². The number of aryl methyl sites for hydroxylation is 1. The molecular weight excluding hydrogens is 360 g/mol. The van der Waals surface area contributed by atoms with Crippen LogP contribution in [-0.4, -0.2) is 24.2 Å². The van der Waals surface area contributed by atoms with Crippen molar-refractivity contribution in [1.29, 1.82) is 0 Å². The molecule has 3 rings (SSSR count). The van der Waals surface area contributed by atoms with E-state index in [0.29, 0.717) is 23.0 Å². The molecule has 1 aromatic carbocycles. The summed E-state index contributed by atoms with van der Waals surface area (Å²) in [6, 6.07) is 9.26. The summed E-state index contributed by atoms with van der Waals surface area (Å²) in [7, 11) is 3.20. The number of methoxy groups -OCH3 is 2. The first kappa shape index (κ1) is 15.6. The molecule has 0 saturated carbocycles. The van der Waals surface area contributed by atoms with E-state index in [2.05, 4.69) is 25.9 Å². The molecule has 2 heterocycles. The predicted molar refractivity (Wildman–Crippen MR) is 91.6 cm³/mol. The van der Waals surface area contributed by atoms with E-state index in [1.807, 2.05) is 37.3 Å². The van der Waals surface area contributed by atoms with E-state index in [-0.39, 0.29) is 0 Å². The van der Waals surface area contributed by atoms with E-state index >= 15 is 0 Å². The first-order chi connectivity index (χ1) is 11.1. The van der Waals surface area contributed by atoms with Gasteiger partial charge in [0.25, 0.3) is 0 Å². The predicted octanol–water partition coefficient (Wildman–Crippen LogP) is 4.51. The zero-order chi connectivity index (χ0) is 16.4. The van der Waals surface area contributed by atoms with Gasteiger partial charge in [0.15, 0.2) is 11.5 Å². The molecule has 118 valence electrons. The van der Waals surface area contributed by atoms with Crippen molar-refractivity contribution in [3.8, 4) is 23.0 Å². The second-order valence-corrected chi connectivity index (χ2v) is 5.72. The van der Waals surface area contributed by atoms with Gasteiger partial charge in [-0.25, -0.2) is 4.98 Å². The minimum absolute atomic E-state index is 0.629. The Morgan fingerprint density at radius 3 is 2.35 bits per heavy atom. The van der Waals surface area contributed by atoms with Gasteiger partial charge in [0, 0.05) is 23.2 Å². The number of ether oxygens (including phenoxy) is 3. The van der Waals surface area contributed by atoms with Gasteiger partial charge in [-0.15, -0.1) is 0 Å². The summed E-state index contributed by atoms with van der Waals surface area (Å²) in [4.78, 5) is 8.71. The van der Waals surface area contributed by atoms with E-state index in [1.54, 1.807) is 20.4 Å². The van der Waals surface area contributed by atoms with Crippen LogP contribution in [0.25, 0.3) is 10.9 Å². The number of hydrogen-bond acceptors (Lipinski definition) is 5. The third-order valence-corrected chi connectivity index (χ3v) is 3.80. The van der Waals surface area contributed by atoms with Gasteiger partial charge >= 0.3 is 0 Å². The van der Waals surface area contributed by atoms with Crippen molar-refractivity contribution >= 4 is 26.8 Å². The minimum atomic E-state index is 0.629. The van der Waals surface area contributed by atoms with Crippen LogP contribution in [-0.2, 0) is 0 Å². The summed E-state index contributed by atoms with van der Waals surface area (Å²) in [5.74, 6) is 2.60. The number of benzene rings is 1. The Bertz CT molecular complexity index is 851. The lowest BCUT2D eigenvalue weighted by Crippen LogP contribution is -1.95. The minimum Gasteiger partial charge on any atom is -0.493 e. The van der Waals surface area contributed by atoms with Crippen LogP contribution in [0.3, 0.4) is 0 Å². The summed E-state index contributed by atoms with van der Waals surface area (Å²) in [5, 5.41) is 0.844. The molecule has 2 aromatic heterocycles. The van der Waals surface area contributed by atoms with Crippen molar-refractivity contribution in [2.45, 2.75) is 6.92 Å². The molecular formula is C17H15BrN2O3. The number of hydrogen-bond donors (Lipinski definition) is 0. The molecule has 0 amide bonds. The maximum atomic E-state index is 5.98. The lowest BCUT2D eigenvalue weighted by Gasteiger charge is -2.13. The Hall–Kier alpha value is -2.34. The van der Waals surface area contributed by atoms with Crippen molar-refractivity contribution in [3.05, 3.63) is 46.8 Å². The summed E-state index contributed by atoms with van der Waals surface area (Å²) in [6.45, 7) is 1.92. The SMILES string of the molecule is COc1cc2nc(C)cc(Oc3ccc(Br)nc3)c2cc1OC. The number of aromatic nitrogens is 2. The van der Waals surface area contributed by atoms with Gasteiger partial charge in [0.1, 0.15) is 16.1 Å². The Morgan fingerprint density at radius 2 is 1.70 bits per heavy atom. The quantitative estimate of drug-likeness (QED) is 0.628. The molecule has 0 radical (unpaired) electrons. The Balaban J connectivity index is 2.13. The summed E-state index contributed by atoms with van der Waals surface area (Å²) < 4.78 is 17.4. The zero-order valence-electron chi connectivity index (χ0n) is 13.0. The second-order valence-electron chi connectivity index (χ2n) is 4.90. The van der Waals surface area contributed by atoms with Crippen LogP contribution in [0.4, 0.5) is 0 Å². The van der Waals surface area contributed by atoms with Crippen molar-refractivity contribution in [2.24, 2.45) is 0 Å². The monoisotopic (exact) mass is 374 g/mol. The van der Waals surface area contributed by atoms with Gasteiger partial charge in [0.2, 0.25) is 0 Å². The van der Waals surface area contributed by atoms with Crippen LogP contribution in [0.2, 0.25) is 0 Å². The summed E-state index contributed by atoms with van der Waals surface area (Å²) in [6.07, 6.45) is 1.66. The number of fused-ring (bicyclic) bond motifs is 1. The third-order valence-electron chi connectivity index (χ3n) is 3.33. The van der Waals surface area contributed by atoms with Crippen LogP contribution in [0.1, 0.15) is 5.69 Å². The molecule has 0 fully saturated rings. The molecule has 6 heteroatoms. The lowest BCUT2D eigenvalue weighted by molar-refractivity contribution is 0.355. The number of rotatable bonds is 4. The van der Waals surface area contributed by atoms with E-state index in [4.69, 9.17) is 14.2 Å². The average Bonchev–Trinajstić information content (AvgIpc) is 2.55. The fourth-order valence-corrected chi connectivity index (χ4v) is 2.52. The van der Waals surface area contributed by atoms with Gasteiger partial charge in [-0.2, -0.15) is 0 Å². The Kier molecular flexibility index (Phi) is 4.34. The summed E-state index contributed by atoms with van der Waals surface area (Å²) >= 11 is 3.31. The molecule has 3 aromatic rings. The van der Waals surface area contributed by atoms with Crippen LogP contribution in [0, 0.1) is 6.92 Å². The van der Waals surface area contributed by atoms with Crippen LogP contribution in [0.15, 0.2) is 41.1 Å². The Morgan fingerprint density at radius 1 is 0.957 bits per heavy atom. The average molecular weight is 375 g/mol. The van der Waals surface area contributed by atoms with E-state index in [9.17, 15) is 0 Å². The first-order valence-corrected chi connectivity index (χ1v) is 7.73. The van der Waals surface area contributed by atoms with Crippen molar-refractivity contribution < 1.29 is 14.2 Å². The molecule has 0 unspecified atom stereocenters. The molecule has 23 heavy (non-hydrogen) atoms. The summed E-state index contributed by atoms with van der Waals surface area (Å²) in [5.41, 5.74) is 1.63. The van der Waals surface area contributed by atoms with Gasteiger partial charge in [-0.3, -0.25) is 4.98 Å². The van der Waals surface area contributed by atoms with Crippen molar-refractivity contribution in [2.75, 3.05) is 14.2 Å². The fraction of sp³-hybridized carbons (Fsp3) is 0.176. The topological polar surface area (TPSA) is 53.5 Å². The molecule has 0 atom stereocenters. The van der Waals surface area contributed by atoms with Gasteiger partial charge in [-0.05, 0) is 41.1 Å². The molecule has 0 aliphatic rings. The second kappa shape index (κ2) is 6.42. The first-order valence-electron chi connectivity index (χ1n) is 6.93. The van der Waals surface area contributed by atoms with Crippen LogP contribution in [0.5, 0.6) is 23.0 Å². The molecule has 5 nitrogen and oxygen atoms in total. The normalized spacial score (nSPS) is 10.6. The molecule has 0 aliphatic carbocycles. The van der Waals surface area contributed by atoms with E-state index in [0.717, 1.165) is 21.2 Å². The number of halogens is 1. The zero-order valence-corrected chi connectivity index (χ0v) is 14.5. The molecule has 0 N–H and O–H groups in total. The molecule has 0 saturated heterocycles. The lowest BCUT2D eigenvalue weighted by atomic mass is 10.1. The van der Waals surface area contributed by atoms with E-state index in [1.165, 1.54) is 0 Å². The highest BCUT2D eigenvalue weighted by molar-refractivity contribution is 9.10. The van der Waals surface area contributed by atoms with E-state index < -0.39 is 0 Å². The largest absolute Gasteiger partial charge is 0.493 e. The highest BCUT2D eigenvalue weighted by atomic mass is 79.9. The molecule has 0 aliphatic heterocycles. The Labute approximate surface area is 142 Å². The third kappa shape index (κ3) is 3.22. The van der Waals surface area contributed by atoms with Crippen LogP contribution >= 0.6 is 15.9 Å². The maximum Gasteiger partial charge on any atom is 0.162 e. The highest BCUT2D eigenvalue weighted by Crippen LogP contribution is 2.37. The van der Waals surface area contributed by atoms with Gasteiger partial charge < -0.3 is 14.2 Å². The van der Waals surface area contributed by atoms with Crippen LogP contribution < -0.4 is 14.2 Å². The van der Waals surface area contributed by atoms with Crippen molar-refractivity contribution in [1.82, 2.24) is 9.97 Å². The molecule has 0 spiro atoms. The number of pyridine rings is 2. The smallest absolute Gasteiger partial charge is 0.162 e. The maximum absolute atomic E-state index is 5.98. The van der Waals surface area contributed by atoms with Gasteiger partial charge in [-0.1, -0.05) is 0 Å². The van der Waals surface area contributed by atoms with Gasteiger partial charge in [0.05, 0.1) is 25.9 Å².